The lowest BCUT2D eigenvalue weighted by Crippen LogP contribution is -1.99. The Morgan fingerprint density at radius 3 is 2.86 bits per heavy atom. The van der Waals surface area contributed by atoms with E-state index in [9.17, 15) is 0 Å². The van der Waals surface area contributed by atoms with E-state index in [4.69, 9.17) is 15.2 Å². The number of ether oxygens (including phenoxy) is 2. The van der Waals surface area contributed by atoms with Crippen molar-refractivity contribution < 1.29 is 9.47 Å². The van der Waals surface area contributed by atoms with Gasteiger partial charge in [-0.25, -0.2) is 4.98 Å². The molecule has 0 saturated heterocycles. The highest BCUT2D eigenvalue weighted by Crippen LogP contribution is 2.33. The van der Waals surface area contributed by atoms with E-state index in [1.807, 2.05) is 24.4 Å². The van der Waals surface area contributed by atoms with E-state index in [-0.39, 0.29) is 0 Å². The first-order valence-corrected chi connectivity index (χ1v) is 7.51. The summed E-state index contributed by atoms with van der Waals surface area (Å²) in [7, 11) is 0. The van der Waals surface area contributed by atoms with Gasteiger partial charge in [-0.3, -0.25) is 0 Å². The van der Waals surface area contributed by atoms with Crippen molar-refractivity contribution in [2.75, 3.05) is 19.8 Å². The van der Waals surface area contributed by atoms with E-state index in [0.29, 0.717) is 13.2 Å². The molecule has 1 aromatic carbocycles. The van der Waals surface area contributed by atoms with Crippen molar-refractivity contribution in [1.29, 1.82) is 0 Å². The molecule has 2 aromatic rings. The van der Waals surface area contributed by atoms with Gasteiger partial charge in [0.05, 0.1) is 25.1 Å². The summed E-state index contributed by atoms with van der Waals surface area (Å²) in [4.78, 5) is 7.79. The first-order chi connectivity index (χ1) is 10.4. The monoisotopic (exact) mass is 287 g/mol. The fourth-order valence-electron chi connectivity index (χ4n) is 2.40. The Kier molecular flexibility index (Phi) is 4.40. The summed E-state index contributed by atoms with van der Waals surface area (Å²) in [5.74, 6) is 2.63. The summed E-state index contributed by atoms with van der Waals surface area (Å²) in [6.45, 7) is 2.14. The van der Waals surface area contributed by atoms with E-state index >= 15 is 0 Å². The number of nitrogens with one attached hydrogen (secondary N) is 1. The molecule has 5 heteroatoms. The molecule has 0 fully saturated rings. The van der Waals surface area contributed by atoms with Gasteiger partial charge in [-0.1, -0.05) is 0 Å². The molecule has 1 aliphatic heterocycles. The maximum absolute atomic E-state index is 5.72. The number of aryl methyl sites for hydroxylation is 1. The first kappa shape index (κ1) is 13.9. The average Bonchev–Trinajstić information content (AvgIpc) is 2.85. The molecule has 5 nitrogen and oxygen atoms in total. The zero-order chi connectivity index (χ0) is 14.5. The van der Waals surface area contributed by atoms with Crippen LogP contribution in [0.5, 0.6) is 11.5 Å². The predicted molar refractivity (Wildman–Crippen MR) is 81.6 cm³/mol. The van der Waals surface area contributed by atoms with Crippen LogP contribution in [0.3, 0.4) is 0 Å². The van der Waals surface area contributed by atoms with Gasteiger partial charge >= 0.3 is 0 Å². The van der Waals surface area contributed by atoms with Crippen LogP contribution < -0.4 is 15.2 Å². The Hall–Kier alpha value is -2.01. The van der Waals surface area contributed by atoms with Gasteiger partial charge in [0, 0.05) is 18.4 Å². The third-order valence-corrected chi connectivity index (χ3v) is 3.55. The predicted octanol–water partition coefficient (Wildman–Crippen LogP) is 2.52. The number of aromatic nitrogens is 2. The third-order valence-electron chi connectivity index (χ3n) is 3.55. The Morgan fingerprint density at radius 2 is 2.00 bits per heavy atom. The van der Waals surface area contributed by atoms with Crippen molar-refractivity contribution in [2.24, 2.45) is 5.73 Å². The van der Waals surface area contributed by atoms with Crippen LogP contribution in [-0.2, 0) is 6.42 Å². The summed E-state index contributed by atoms with van der Waals surface area (Å²) >= 11 is 0. The standard InChI is InChI=1S/C16H21N3O2/c17-7-2-1-4-16-18-11-13(19-16)12-5-6-14-15(10-12)21-9-3-8-20-14/h5-6,10-11H,1-4,7-9,17H2,(H,18,19). The summed E-state index contributed by atoms with van der Waals surface area (Å²) in [6.07, 6.45) is 5.81. The van der Waals surface area contributed by atoms with Gasteiger partial charge in [-0.05, 0) is 37.6 Å². The zero-order valence-corrected chi connectivity index (χ0v) is 12.1. The Labute approximate surface area is 124 Å². The van der Waals surface area contributed by atoms with Crippen LogP contribution in [0.15, 0.2) is 24.4 Å². The van der Waals surface area contributed by atoms with Crippen molar-refractivity contribution in [2.45, 2.75) is 25.7 Å². The quantitative estimate of drug-likeness (QED) is 0.829. The summed E-state index contributed by atoms with van der Waals surface area (Å²) in [6, 6.07) is 6.01. The molecule has 0 radical (unpaired) electrons. The molecule has 0 spiro atoms. The van der Waals surface area contributed by atoms with Crippen molar-refractivity contribution in [3.05, 3.63) is 30.2 Å². The zero-order valence-electron chi connectivity index (χ0n) is 12.1. The molecule has 2 heterocycles. The number of H-pyrrole nitrogens is 1. The smallest absolute Gasteiger partial charge is 0.161 e. The molecule has 21 heavy (non-hydrogen) atoms. The Bertz CT molecular complexity index is 595. The lowest BCUT2D eigenvalue weighted by atomic mass is 10.1. The maximum Gasteiger partial charge on any atom is 0.161 e. The Balaban J connectivity index is 1.76. The number of fused-ring (bicyclic) bond motifs is 1. The minimum absolute atomic E-state index is 0.698. The number of nitrogens with zero attached hydrogens (tertiary/aromatic N) is 1. The van der Waals surface area contributed by atoms with Gasteiger partial charge in [0.2, 0.25) is 0 Å². The molecule has 0 atom stereocenters. The van der Waals surface area contributed by atoms with E-state index in [0.717, 1.165) is 60.8 Å². The molecule has 0 amide bonds. The third kappa shape index (κ3) is 3.36. The second kappa shape index (κ2) is 6.63. The molecule has 0 unspecified atom stereocenters. The Morgan fingerprint density at radius 1 is 1.14 bits per heavy atom. The van der Waals surface area contributed by atoms with Crippen molar-refractivity contribution >= 4 is 0 Å². The van der Waals surface area contributed by atoms with E-state index in [1.54, 1.807) is 0 Å². The first-order valence-electron chi connectivity index (χ1n) is 7.51. The minimum atomic E-state index is 0.698. The minimum Gasteiger partial charge on any atom is -0.490 e. The van der Waals surface area contributed by atoms with Crippen molar-refractivity contribution in [3.63, 3.8) is 0 Å². The highest BCUT2D eigenvalue weighted by molar-refractivity contribution is 5.63. The van der Waals surface area contributed by atoms with E-state index in [2.05, 4.69) is 9.97 Å². The van der Waals surface area contributed by atoms with Crippen LogP contribution in [0.25, 0.3) is 11.3 Å². The number of unbranched alkanes of at least 4 members (excludes halogenated alkanes) is 1. The van der Waals surface area contributed by atoms with Crippen LogP contribution in [0.2, 0.25) is 0 Å². The van der Waals surface area contributed by atoms with Gasteiger partial charge in [-0.15, -0.1) is 0 Å². The molecule has 0 saturated carbocycles. The van der Waals surface area contributed by atoms with Crippen LogP contribution in [0.4, 0.5) is 0 Å². The fourth-order valence-corrected chi connectivity index (χ4v) is 2.40. The van der Waals surface area contributed by atoms with Gasteiger partial charge < -0.3 is 20.2 Å². The van der Waals surface area contributed by atoms with Gasteiger partial charge in [0.15, 0.2) is 11.5 Å². The van der Waals surface area contributed by atoms with Gasteiger partial charge in [0.25, 0.3) is 0 Å². The number of aromatic amines is 1. The number of rotatable bonds is 5. The molecule has 3 N–H and O–H groups in total. The van der Waals surface area contributed by atoms with Crippen LogP contribution in [0, 0.1) is 0 Å². The lowest BCUT2D eigenvalue weighted by Gasteiger charge is -2.08. The number of hydrogen-bond acceptors (Lipinski definition) is 4. The van der Waals surface area contributed by atoms with Crippen molar-refractivity contribution in [1.82, 2.24) is 9.97 Å². The second-order valence-corrected chi connectivity index (χ2v) is 5.20. The molecule has 112 valence electrons. The van der Waals surface area contributed by atoms with Crippen molar-refractivity contribution in [3.8, 4) is 22.8 Å². The maximum atomic E-state index is 5.72. The molecule has 0 aliphatic carbocycles. The molecule has 1 aromatic heterocycles. The average molecular weight is 287 g/mol. The summed E-state index contributed by atoms with van der Waals surface area (Å²) in [5.41, 5.74) is 7.58. The summed E-state index contributed by atoms with van der Waals surface area (Å²) in [5, 5.41) is 0. The highest BCUT2D eigenvalue weighted by Gasteiger charge is 2.12. The normalized spacial score (nSPS) is 14.0. The van der Waals surface area contributed by atoms with E-state index in [1.165, 1.54) is 0 Å². The number of benzene rings is 1. The lowest BCUT2D eigenvalue weighted by molar-refractivity contribution is 0.297. The fraction of sp³-hybridized carbons (Fsp3) is 0.438. The number of imidazole rings is 1. The van der Waals surface area contributed by atoms with Gasteiger partial charge in [-0.2, -0.15) is 0 Å². The van der Waals surface area contributed by atoms with Crippen LogP contribution >= 0.6 is 0 Å². The summed E-state index contributed by atoms with van der Waals surface area (Å²) < 4.78 is 11.4. The molecule has 1 aliphatic rings. The molecular formula is C16H21N3O2. The molecule has 0 bridgehead atoms. The molecule has 3 rings (SSSR count). The van der Waals surface area contributed by atoms with Gasteiger partial charge in [0.1, 0.15) is 5.82 Å². The highest BCUT2D eigenvalue weighted by atomic mass is 16.5. The SMILES string of the molecule is NCCCCc1ncc(-c2ccc3c(c2)OCCCO3)[nH]1. The largest absolute Gasteiger partial charge is 0.490 e. The topological polar surface area (TPSA) is 73.2 Å². The molecular weight excluding hydrogens is 266 g/mol. The van der Waals surface area contributed by atoms with Crippen LogP contribution in [-0.4, -0.2) is 29.7 Å². The van der Waals surface area contributed by atoms with E-state index < -0.39 is 0 Å². The second-order valence-electron chi connectivity index (χ2n) is 5.20. The van der Waals surface area contributed by atoms with Crippen LogP contribution in [0.1, 0.15) is 25.1 Å². The number of hydrogen-bond donors (Lipinski definition) is 2. The number of nitrogens with two attached hydrogens (primary N) is 1.